The van der Waals surface area contributed by atoms with Crippen molar-refractivity contribution in [2.75, 3.05) is 13.2 Å². The predicted octanol–water partition coefficient (Wildman–Crippen LogP) is -2.18. The van der Waals surface area contributed by atoms with Gasteiger partial charge in [-0.25, -0.2) is 0 Å². The van der Waals surface area contributed by atoms with Crippen molar-refractivity contribution in [3.05, 3.63) is 0 Å². The quantitative estimate of drug-likeness (QED) is 0.419. The molecule has 0 amide bonds. The standard InChI is InChI=1S/C8H16O6/c1-2-13-8-6(12)5(11)7(14-8)4(10)3-9/h4-12H,2-3H2,1H3/t4?,5-,6-,7-,8?/m1/s1. The Kier molecular flexibility index (Phi) is 4.24. The van der Waals surface area contributed by atoms with E-state index in [4.69, 9.17) is 14.6 Å². The lowest BCUT2D eigenvalue weighted by Crippen LogP contribution is -2.40. The molecule has 6 nitrogen and oxygen atoms in total. The van der Waals surface area contributed by atoms with Gasteiger partial charge in [0.2, 0.25) is 0 Å². The second-order valence-corrected chi connectivity index (χ2v) is 3.16. The Morgan fingerprint density at radius 3 is 2.50 bits per heavy atom. The second-order valence-electron chi connectivity index (χ2n) is 3.16. The number of rotatable bonds is 4. The molecular weight excluding hydrogens is 192 g/mol. The first kappa shape index (κ1) is 11.8. The van der Waals surface area contributed by atoms with Gasteiger partial charge in [-0.15, -0.1) is 0 Å². The van der Waals surface area contributed by atoms with Crippen LogP contribution in [-0.2, 0) is 9.47 Å². The summed E-state index contributed by atoms with van der Waals surface area (Å²) < 4.78 is 10.0. The first-order valence-electron chi connectivity index (χ1n) is 4.54. The highest BCUT2D eigenvalue weighted by molar-refractivity contribution is 4.90. The maximum atomic E-state index is 9.43. The Hall–Kier alpha value is -0.240. The Labute approximate surface area is 81.7 Å². The summed E-state index contributed by atoms with van der Waals surface area (Å²) in [6.45, 7) is 1.52. The van der Waals surface area contributed by atoms with Crippen molar-refractivity contribution in [1.82, 2.24) is 0 Å². The van der Waals surface area contributed by atoms with Gasteiger partial charge in [0.1, 0.15) is 24.4 Å². The van der Waals surface area contributed by atoms with Gasteiger partial charge in [0.05, 0.1) is 6.61 Å². The van der Waals surface area contributed by atoms with Crippen molar-refractivity contribution >= 4 is 0 Å². The highest BCUT2D eigenvalue weighted by Crippen LogP contribution is 2.24. The smallest absolute Gasteiger partial charge is 0.186 e. The molecule has 0 aromatic heterocycles. The van der Waals surface area contributed by atoms with E-state index in [0.717, 1.165) is 0 Å². The minimum absolute atomic E-state index is 0.330. The van der Waals surface area contributed by atoms with Gasteiger partial charge in [0.15, 0.2) is 6.29 Å². The van der Waals surface area contributed by atoms with Gasteiger partial charge < -0.3 is 29.9 Å². The molecule has 0 spiro atoms. The van der Waals surface area contributed by atoms with E-state index < -0.39 is 37.3 Å². The third-order valence-corrected chi connectivity index (χ3v) is 2.15. The average molecular weight is 208 g/mol. The molecule has 1 saturated heterocycles. The van der Waals surface area contributed by atoms with E-state index in [1.165, 1.54) is 0 Å². The number of hydrogen-bond acceptors (Lipinski definition) is 6. The molecule has 1 aliphatic heterocycles. The lowest BCUT2D eigenvalue weighted by molar-refractivity contribution is -0.178. The van der Waals surface area contributed by atoms with Crippen molar-refractivity contribution in [1.29, 1.82) is 0 Å². The van der Waals surface area contributed by atoms with Crippen LogP contribution in [0, 0.1) is 0 Å². The first-order chi connectivity index (χ1) is 6.61. The molecule has 2 unspecified atom stereocenters. The van der Waals surface area contributed by atoms with E-state index in [9.17, 15) is 15.3 Å². The van der Waals surface area contributed by atoms with Crippen molar-refractivity contribution in [2.24, 2.45) is 0 Å². The minimum atomic E-state index is -1.24. The Morgan fingerprint density at radius 2 is 2.00 bits per heavy atom. The summed E-state index contributed by atoms with van der Waals surface area (Å²) in [7, 11) is 0. The maximum Gasteiger partial charge on any atom is 0.186 e. The van der Waals surface area contributed by atoms with Crippen LogP contribution in [0.25, 0.3) is 0 Å². The summed E-state index contributed by atoms with van der Waals surface area (Å²) in [5.41, 5.74) is 0. The molecule has 0 aromatic carbocycles. The normalized spacial score (nSPS) is 40.1. The van der Waals surface area contributed by atoms with Gasteiger partial charge in [0.25, 0.3) is 0 Å². The molecule has 1 fully saturated rings. The van der Waals surface area contributed by atoms with E-state index in [1.807, 2.05) is 0 Å². The zero-order chi connectivity index (χ0) is 10.7. The van der Waals surface area contributed by atoms with Gasteiger partial charge in [-0.2, -0.15) is 0 Å². The van der Waals surface area contributed by atoms with Crippen LogP contribution in [0.5, 0.6) is 0 Å². The van der Waals surface area contributed by atoms with Crippen molar-refractivity contribution < 1.29 is 29.9 Å². The zero-order valence-corrected chi connectivity index (χ0v) is 7.91. The highest BCUT2D eigenvalue weighted by Gasteiger charge is 2.46. The molecule has 4 N–H and O–H groups in total. The van der Waals surface area contributed by atoms with E-state index in [0.29, 0.717) is 6.61 Å². The third-order valence-electron chi connectivity index (χ3n) is 2.15. The molecule has 0 radical (unpaired) electrons. The van der Waals surface area contributed by atoms with E-state index in [2.05, 4.69) is 0 Å². The molecule has 1 aliphatic rings. The van der Waals surface area contributed by atoms with Crippen LogP contribution >= 0.6 is 0 Å². The lowest BCUT2D eigenvalue weighted by Gasteiger charge is -2.18. The second kappa shape index (κ2) is 5.01. The SMILES string of the molecule is CCOC1O[C@H](C(O)CO)[C@H](O)[C@H]1O. The van der Waals surface area contributed by atoms with Crippen LogP contribution in [0.2, 0.25) is 0 Å². The minimum Gasteiger partial charge on any atom is -0.394 e. The van der Waals surface area contributed by atoms with Gasteiger partial charge in [-0.05, 0) is 6.92 Å². The molecule has 84 valence electrons. The van der Waals surface area contributed by atoms with E-state index in [1.54, 1.807) is 6.92 Å². The molecule has 14 heavy (non-hydrogen) atoms. The molecular formula is C8H16O6. The van der Waals surface area contributed by atoms with Crippen LogP contribution in [-0.4, -0.2) is 64.3 Å². The van der Waals surface area contributed by atoms with E-state index in [-0.39, 0.29) is 0 Å². The summed E-state index contributed by atoms with van der Waals surface area (Å²) >= 11 is 0. The molecule has 0 saturated carbocycles. The van der Waals surface area contributed by atoms with Crippen molar-refractivity contribution in [3.8, 4) is 0 Å². The van der Waals surface area contributed by atoms with Crippen molar-refractivity contribution in [3.63, 3.8) is 0 Å². The fourth-order valence-corrected chi connectivity index (χ4v) is 1.40. The van der Waals surface area contributed by atoms with Gasteiger partial charge in [-0.1, -0.05) is 0 Å². The third kappa shape index (κ3) is 2.22. The molecule has 1 rings (SSSR count). The lowest BCUT2D eigenvalue weighted by atomic mass is 10.1. The number of hydrogen-bond donors (Lipinski definition) is 4. The zero-order valence-electron chi connectivity index (χ0n) is 7.91. The first-order valence-corrected chi connectivity index (χ1v) is 4.54. The Bertz CT molecular complexity index is 173. The van der Waals surface area contributed by atoms with Crippen LogP contribution in [0.3, 0.4) is 0 Å². The fraction of sp³-hybridized carbons (Fsp3) is 1.00. The summed E-state index contributed by atoms with van der Waals surface area (Å²) in [4.78, 5) is 0. The van der Waals surface area contributed by atoms with Gasteiger partial charge >= 0.3 is 0 Å². The van der Waals surface area contributed by atoms with Crippen LogP contribution < -0.4 is 0 Å². The topological polar surface area (TPSA) is 99.4 Å². The monoisotopic (exact) mass is 208 g/mol. The van der Waals surface area contributed by atoms with Crippen LogP contribution in [0.4, 0.5) is 0 Å². The van der Waals surface area contributed by atoms with E-state index >= 15 is 0 Å². The van der Waals surface area contributed by atoms with Crippen LogP contribution in [0.15, 0.2) is 0 Å². The Balaban J connectivity index is 2.57. The molecule has 5 atom stereocenters. The molecule has 0 aromatic rings. The molecule has 0 aliphatic carbocycles. The largest absolute Gasteiger partial charge is 0.394 e. The Morgan fingerprint density at radius 1 is 1.36 bits per heavy atom. The van der Waals surface area contributed by atoms with Gasteiger partial charge in [-0.3, -0.25) is 0 Å². The van der Waals surface area contributed by atoms with Gasteiger partial charge in [0, 0.05) is 6.61 Å². The maximum absolute atomic E-state index is 9.43. The fourth-order valence-electron chi connectivity index (χ4n) is 1.40. The highest BCUT2D eigenvalue weighted by atomic mass is 16.7. The average Bonchev–Trinajstić information content (AvgIpc) is 2.46. The number of aliphatic hydroxyl groups is 4. The summed E-state index contributed by atoms with van der Waals surface area (Å²) in [5, 5.41) is 36.7. The summed E-state index contributed by atoms with van der Waals surface area (Å²) in [6, 6.07) is 0. The summed E-state index contributed by atoms with van der Waals surface area (Å²) in [6.07, 6.45) is -5.60. The molecule has 6 heteroatoms. The molecule has 1 heterocycles. The van der Waals surface area contributed by atoms with Crippen molar-refractivity contribution in [2.45, 2.75) is 37.6 Å². The predicted molar refractivity (Wildman–Crippen MR) is 45.4 cm³/mol. The summed E-state index contributed by atoms with van der Waals surface area (Å²) in [5.74, 6) is 0. The van der Waals surface area contributed by atoms with Crippen LogP contribution in [0.1, 0.15) is 6.92 Å². The molecule has 0 bridgehead atoms. The number of aliphatic hydroxyl groups excluding tert-OH is 4. The number of ether oxygens (including phenoxy) is 2.